The number of nitrogens with one attached hydrogen (secondary N) is 1. The third-order valence-corrected chi connectivity index (χ3v) is 9.36. The second kappa shape index (κ2) is 10.3. The van der Waals surface area contributed by atoms with Crippen molar-refractivity contribution in [1.82, 2.24) is 10.2 Å². The number of amides is 2. The largest absolute Gasteiger partial charge is 0.480 e. The van der Waals surface area contributed by atoms with Gasteiger partial charge in [-0.05, 0) is 48.9 Å². The molecule has 4 aliphatic rings. The summed E-state index contributed by atoms with van der Waals surface area (Å²) in [6.45, 7) is 1.98. The number of likely N-dealkylation sites (tertiary alicyclic amines) is 1. The van der Waals surface area contributed by atoms with E-state index in [2.05, 4.69) is 10.2 Å². The number of hydrogen-bond donors (Lipinski definition) is 2. The fourth-order valence-electron chi connectivity index (χ4n) is 7.37. The van der Waals surface area contributed by atoms with E-state index in [0.717, 1.165) is 69.3 Å². The zero-order valence-corrected chi connectivity index (χ0v) is 22.3. The second-order valence-corrected chi connectivity index (χ2v) is 11.6. The SMILES string of the molecule is O=C1C2C(c3ccc(N4CCCC4)cc3)NC(Cc3ccc([N+](=O)[O-])cc3)(C(=O)O)C2C(=O)N1C1CCCCC1. The highest BCUT2D eigenvalue weighted by Crippen LogP contribution is 2.51. The summed E-state index contributed by atoms with van der Waals surface area (Å²) in [6, 6.07) is 12.8. The number of non-ortho nitro benzene ring substituents is 1. The number of anilines is 1. The van der Waals surface area contributed by atoms with Gasteiger partial charge in [-0.25, -0.2) is 0 Å². The maximum atomic E-state index is 14.1. The molecule has 1 saturated carbocycles. The molecule has 1 aliphatic carbocycles. The summed E-state index contributed by atoms with van der Waals surface area (Å²) in [5, 5.41) is 25.1. The lowest BCUT2D eigenvalue weighted by Gasteiger charge is -2.34. The van der Waals surface area contributed by atoms with E-state index in [-0.39, 0.29) is 24.1 Å². The Hall–Kier alpha value is -3.79. The van der Waals surface area contributed by atoms with Crippen molar-refractivity contribution in [3.63, 3.8) is 0 Å². The van der Waals surface area contributed by atoms with Gasteiger partial charge < -0.3 is 10.0 Å². The molecule has 2 amide bonds. The lowest BCUT2D eigenvalue weighted by atomic mass is 9.76. The van der Waals surface area contributed by atoms with E-state index in [1.165, 1.54) is 29.2 Å². The Morgan fingerprint density at radius 1 is 0.950 bits per heavy atom. The molecule has 2 N–H and O–H groups in total. The Labute approximate surface area is 232 Å². The minimum atomic E-state index is -1.74. The Balaban J connectivity index is 1.39. The van der Waals surface area contributed by atoms with Crippen molar-refractivity contribution in [2.75, 3.05) is 18.0 Å². The minimum absolute atomic E-state index is 0.0820. The van der Waals surface area contributed by atoms with E-state index in [1.807, 2.05) is 24.3 Å². The van der Waals surface area contributed by atoms with Gasteiger partial charge in [0.2, 0.25) is 11.8 Å². The van der Waals surface area contributed by atoms with E-state index >= 15 is 0 Å². The molecule has 0 spiro atoms. The van der Waals surface area contributed by atoms with Crippen LogP contribution in [0.4, 0.5) is 11.4 Å². The van der Waals surface area contributed by atoms with Crippen LogP contribution in [0.3, 0.4) is 0 Å². The molecule has 6 rings (SSSR count). The van der Waals surface area contributed by atoms with Crippen LogP contribution in [0.2, 0.25) is 0 Å². The van der Waals surface area contributed by atoms with Crippen LogP contribution in [0.1, 0.15) is 62.1 Å². The molecule has 210 valence electrons. The molecule has 2 aromatic rings. The number of carbonyl (C=O) groups excluding carboxylic acids is 2. The van der Waals surface area contributed by atoms with E-state index in [1.54, 1.807) is 0 Å². The van der Waals surface area contributed by atoms with Crippen LogP contribution in [0.15, 0.2) is 48.5 Å². The number of carbonyl (C=O) groups is 3. The molecule has 3 saturated heterocycles. The van der Waals surface area contributed by atoms with Crippen LogP contribution in [0.25, 0.3) is 0 Å². The van der Waals surface area contributed by atoms with Gasteiger partial charge in [-0.3, -0.25) is 34.7 Å². The summed E-state index contributed by atoms with van der Waals surface area (Å²) >= 11 is 0. The highest BCUT2D eigenvalue weighted by Gasteiger charge is 2.69. The second-order valence-electron chi connectivity index (χ2n) is 11.6. The zero-order valence-electron chi connectivity index (χ0n) is 22.3. The molecule has 4 atom stereocenters. The predicted octanol–water partition coefficient (Wildman–Crippen LogP) is 3.84. The molecule has 0 aromatic heterocycles. The molecule has 4 fully saturated rings. The van der Waals surface area contributed by atoms with Gasteiger partial charge in [0.1, 0.15) is 5.54 Å². The van der Waals surface area contributed by atoms with Gasteiger partial charge >= 0.3 is 5.97 Å². The number of imide groups is 1. The Morgan fingerprint density at radius 2 is 1.60 bits per heavy atom. The number of fused-ring (bicyclic) bond motifs is 1. The average Bonchev–Trinajstić information content (AvgIpc) is 3.67. The Bertz CT molecular complexity index is 1320. The first-order chi connectivity index (χ1) is 19.3. The van der Waals surface area contributed by atoms with Gasteiger partial charge in [0.05, 0.1) is 16.8 Å². The number of aliphatic carboxylic acids is 1. The van der Waals surface area contributed by atoms with Crippen molar-refractivity contribution in [3.05, 3.63) is 69.8 Å². The molecular formula is C30H34N4O6. The minimum Gasteiger partial charge on any atom is -0.480 e. The van der Waals surface area contributed by atoms with Crippen molar-refractivity contribution in [2.24, 2.45) is 11.8 Å². The van der Waals surface area contributed by atoms with Crippen LogP contribution in [0.5, 0.6) is 0 Å². The first-order valence-corrected chi connectivity index (χ1v) is 14.3. The monoisotopic (exact) mass is 546 g/mol. The van der Waals surface area contributed by atoms with Crippen LogP contribution < -0.4 is 10.2 Å². The fourth-order valence-corrected chi connectivity index (χ4v) is 7.37. The van der Waals surface area contributed by atoms with Gasteiger partial charge in [0.25, 0.3) is 5.69 Å². The fraction of sp³-hybridized carbons (Fsp3) is 0.500. The van der Waals surface area contributed by atoms with Gasteiger partial charge in [-0.1, -0.05) is 43.5 Å². The zero-order chi connectivity index (χ0) is 28.0. The average molecular weight is 547 g/mol. The highest BCUT2D eigenvalue weighted by molar-refractivity contribution is 6.09. The molecule has 10 nitrogen and oxygen atoms in total. The highest BCUT2D eigenvalue weighted by atomic mass is 16.6. The van der Waals surface area contributed by atoms with Crippen LogP contribution >= 0.6 is 0 Å². The van der Waals surface area contributed by atoms with Crippen molar-refractivity contribution >= 4 is 29.2 Å². The molecule has 2 aromatic carbocycles. The van der Waals surface area contributed by atoms with Gasteiger partial charge in [-0.15, -0.1) is 0 Å². The standard InChI is InChI=1S/C30H34N4O6/c35-27-24-25(28(36)33(27)22-6-2-1-3-7-22)30(29(37)38,18-19-8-12-23(13-9-19)34(39)40)31-26(24)20-10-14-21(15-11-20)32-16-4-5-17-32/h8-15,22,24-26,31H,1-7,16-18H2,(H,37,38). The van der Waals surface area contributed by atoms with Crippen LogP contribution in [-0.2, 0) is 20.8 Å². The maximum Gasteiger partial charge on any atom is 0.325 e. The molecule has 40 heavy (non-hydrogen) atoms. The number of benzene rings is 2. The molecule has 0 radical (unpaired) electrons. The summed E-state index contributed by atoms with van der Waals surface area (Å²) in [5.74, 6) is -3.85. The van der Waals surface area contributed by atoms with Crippen molar-refractivity contribution in [2.45, 2.75) is 69.0 Å². The molecule has 10 heteroatoms. The number of nitro groups is 1. The molecule has 4 unspecified atom stereocenters. The number of hydrogen-bond acceptors (Lipinski definition) is 7. The van der Waals surface area contributed by atoms with Crippen molar-refractivity contribution < 1.29 is 24.4 Å². The normalized spacial score (nSPS) is 28.8. The van der Waals surface area contributed by atoms with Gasteiger partial charge in [0.15, 0.2) is 0 Å². The van der Waals surface area contributed by atoms with E-state index in [4.69, 9.17) is 0 Å². The smallest absolute Gasteiger partial charge is 0.325 e. The quantitative estimate of drug-likeness (QED) is 0.304. The summed E-state index contributed by atoms with van der Waals surface area (Å²) in [5.41, 5.74) is 0.563. The first-order valence-electron chi connectivity index (χ1n) is 14.3. The Morgan fingerprint density at radius 3 is 2.20 bits per heavy atom. The number of carboxylic acid groups (broad SMARTS) is 1. The first kappa shape index (κ1) is 26.4. The lowest BCUT2D eigenvalue weighted by Crippen LogP contribution is -2.58. The molecule has 3 heterocycles. The number of nitrogens with zero attached hydrogens (tertiary/aromatic N) is 3. The topological polar surface area (TPSA) is 133 Å². The summed E-state index contributed by atoms with van der Waals surface area (Å²) < 4.78 is 0. The third-order valence-electron chi connectivity index (χ3n) is 9.36. The van der Waals surface area contributed by atoms with Crippen molar-refractivity contribution in [3.8, 4) is 0 Å². The maximum absolute atomic E-state index is 14.1. The number of carboxylic acids is 1. The van der Waals surface area contributed by atoms with Crippen LogP contribution in [0, 0.1) is 22.0 Å². The summed E-state index contributed by atoms with van der Waals surface area (Å²) in [4.78, 5) is 55.6. The van der Waals surface area contributed by atoms with Gasteiger partial charge in [0, 0.05) is 49.4 Å². The Kier molecular flexibility index (Phi) is 6.82. The predicted molar refractivity (Wildman–Crippen MR) is 147 cm³/mol. The summed E-state index contributed by atoms with van der Waals surface area (Å²) in [6.07, 6.45) is 6.62. The summed E-state index contributed by atoms with van der Waals surface area (Å²) in [7, 11) is 0. The number of nitro benzene ring substituents is 1. The van der Waals surface area contributed by atoms with Gasteiger partial charge in [-0.2, -0.15) is 0 Å². The van der Waals surface area contributed by atoms with Crippen LogP contribution in [-0.4, -0.2) is 57.4 Å². The van der Waals surface area contributed by atoms with Crippen molar-refractivity contribution in [1.29, 1.82) is 0 Å². The van der Waals surface area contributed by atoms with E-state index in [9.17, 15) is 29.6 Å². The van der Waals surface area contributed by atoms with E-state index < -0.39 is 40.2 Å². The lowest BCUT2D eigenvalue weighted by molar-refractivity contribution is -0.384. The molecule has 0 bridgehead atoms. The molecular weight excluding hydrogens is 512 g/mol. The number of rotatable bonds is 7. The third kappa shape index (κ3) is 4.34. The molecule has 3 aliphatic heterocycles. The van der Waals surface area contributed by atoms with E-state index in [0.29, 0.717) is 5.56 Å².